The van der Waals surface area contributed by atoms with E-state index < -0.39 is 24.3 Å². The first-order valence-corrected chi connectivity index (χ1v) is 11.3. The molecular weight excluding hydrogens is 544 g/mol. The van der Waals surface area contributed by atoms with Gasteiger partial charge in [-0.05, 0) is 30.0 Å². The number of ether oxygens (including phenoxy) is 1. The highest BCUT2D eigenvalue weighted by atomic mass is 19.4. The molecule has 0 aromatic carbocycles. The summed E-state index contributed by atoms with van der Waals surface area (Å²) in [5, 5.41) is 17.3. The minimum absolute atomic E-state index is 0.0746. The smallest absolute Gasteiger partial charge is 0.475 e. The van der Waals surface area contributed by atoms with Crippen molar-refractivity contribution in [2.24, 2.45) is 17.8 Å². The Bertz CT molecular complexity index is 1040. The Hall–Kier alpha value is -3.66. The molecule has 216 valence electrons. The zero-order valence-corrected chi connectivity index (χ0v) is 20.1. The summed E-state index contributed by atoms with van der Waals surface area (Å²) >= 11 is 0. The highest BCUT2D eigenvalue weighted by molar-refractivity contribution is 5.79. The summed E-state index contributed by atoms with van der Waals surface area (Å²) in [7, 11) is 0. The van der Waals surface area contributed by atoms with Crippen LogP contribution in [0.1, 0.15) is 11.3 Å². The molecule has 4 rings (SSSR count). The molecule has 0 spiro atoms. The molecule has 2 aromatic rings. The molecule has 2 saturated heterocycles. The number of furan rings is 1. The summed E-state index contributed by atoms with van der Waals surface area (Å²) in [6.45, 7) is 4.49. The van der Waals surface area contributed by atoms with E-state index in [0.717, 1.165) is 31.9 Å². The van der Waals surface area contributed by atoms with Crippen LogP contribution in [0.15, 0.2) is 47.4 Å². The molecular formula is C23H25F6N3O7. The van der Waals surface area contributed by atoms with Gasteiger partial charge in [0.05, 0.1) is 43.9 Å². The largest absolute Gasteiger partial charge is 0.490 e. The summed E-state index contributed by atoms with van der Waals surface area (Å²) in [6.07, 6.45) is -4.93. The van der Waals surface area contributed by atoms with Gasteiger partial charge in [-0.15, -0.1) is 0 Å². The van der Waals surface area contributed by atoms with Crippen molar-refractivity contribution in [1.82, 2.24) is 15.2 Å². The molecule has 2 aromatic heterocycles. The average Bonchev–Trinajstić information content (AvgIpc) is 3.52. The molecule has 1 amide bonds. The van der Waals surface area contributed by atoms with Gasteiger partial charge in [-0.3, -0.25) is 14.7 Å². The minimum atomic E-state index is -5.08. The maximum absolute atomic E-state index is 12.7. The van der Waals surface area contributed by atoms with Crippen LogP contribution in [0.3, 0.4) is 0 Å². The first kappa shape index (κ1) is 31.6. The Morgan fingerprint density at radius 2 is 1.64 bits per heavy atom. The van der Waals surface area contributed by atoms with Crippen molar-refractivity contribution in [2.75, 3.05) is 26.3 Å². The first-order valence-electron chi connectivity index (χ1n) is 11.3. The topological polar surface area (TPSA) is 142 Å². The predicted molar refractivity (Wildman–Crippen MR) is 119 cm³/mol. The Labute approximate surface area is 217 Å². The standard InChI is InChI=1S/C19H23N3O3.2C2HF3O2/c23-19(21-7-16-3-1-2-5-20-16)18-13-25-12-15-9-22(10-17(15)18)8-14-4-6-24-11-14;2*3-2(4,5)1(6)7/h1-6,11,15,17-18H,7-10,12-13H2,(H,21,23);2*(H,6,7)/t15-,17-,18+;;/m1../s1. The molecule has 2 aliphatic rings. The second-order valence-corrected chi connectivity index (χ2v) is 8.54. The zero-order valence-electron chi connectivity index (χ0n) is 20.1. The van der Waals surface area contributed by atoms with Crippen molar-refractivity contribution < 1.29 is 60.1 Å². The van der Waals surface area contributed by atoms with E-state index in [1.807, 2.05) is 24.3 Å². The van der Waals surface area contributed by atoms with Crippen LogP contribution in [-0.2, 0) is 32.2 Å². The van der Waals surface area contributed by atoms with E-state index in [9.17, 15) is 31.1 Å². The maximum Gasteiger partial charge on any atom is 0.490 e. The SMILES string of the molecule is O=C(NCc1ccccn1)[C@H]1COC[C@H]2CN(Cc3ccoc3)C[C@H]21.O=C(O)C(F)(F)F.O=C(O)C(F)(F)F. The number of likely N-dealkylation sites (tertiary alicyclic amines) is 1. The minimum Gasteiger partial charge on any atom is -0.475 e. The molecule has 39 heavy (non-hydrogen) atoms. The normalized spacial score (nSPS) is 20.9. The maximum atomic E-state index is 12.7. The number of carbonyl (C=O) groups excluding carboxylic acids is 1. The number of carboxylic acid groups (broad SMARTS) is 2. The zero-order chi connectivity index (χ0) is 29.2. The predicted octanol–water partition coefficient (Wildman–Crippen LogP) is 2.95. The van der Waals surface area contributed by atoms with Crippen molar-refractivity contribution in [3.63, 3.8) is 0 Å². The fourth-order valence-corrected chi connectivity index (χ4v) is 3.94. The van der Waals surface area contributed by atoms with Gasteiger partial charge in [0.2, 0.25) is 5.91 Å². The number of nitrogens with zero attached hydrogens (tertiary/aromatic N) is 2. The second kappa shape index (κ2) is 13.9. The molecule has 0 radical (unpaired) electrons. The first-order chi connectivity index (χ1) is 18.2. The monoisotopic (exact) mass is 569 g/mol. The van der Waals surface area contributed by atoms with E-state index in [1.165, 1.54) is 5.56 Å². The molecule has 16 heteroatoms. The fourth-order valence-electron chi connectivity index (χ4n) is 3.94. The van der Waals surface area contributed by atoms with E-state index in [2.05, 4.69) is 15.2 Å². The summed E-state index contributed by atoms with van der Waals surface area (Å²) < 4.78 is 74.4. The van der Waals surface area contributed by atoms with Crippen LogP contribution in [0.4, 0.5) is 26.3 Å². The van der Waals surface area contributed by atoms with Crippen molar-refractivity contribution in [3.8, 4) is 0 Å². The number of amides is 1. The Balaban J connectivity index is 0.000000317. The third kappa shape index (κ3) is 10.6. The Morgan fingerprint density at radius 1 is 1.00 bits per heavy atom. The lowest BCUT2D eigenvalue weighted by Gasteiger charge is -2.32. The van der Waals surface area contributed by atoms with Crippen LogP contribution in [0, 0.1) is 17.8 Å². The lowest BCUT2D eigenvalue weighted by molar-refractivity contribution is -0.193. The molecule has 3 N–H and O–H groups in total. The number of carboxylic acids is 2. The number of hydrogen-bond acceptors (Lipinski definition) is 7. The summed E-state index contributed by atoms with van der Waals surface area (Å²) in [5.41, 5.74) is 2.05. The number of alkyl halides is 6. The van der Waals surface area contributed by atoms with Crippen LogP contribution in [0.25, 0.3) is 0 Å². The number of rotatable bonds is 5. The van der Waals surface area contributed by atoms with E-state index >= 15 is 0 Å². The van der Waals surface area contributed by atoms with Crippen LogP contribution >= 0.6 is 0 Å². The van der Waals surface area contributed by atoms with Gasteiger partial charge in [0, 0.05) is 31.4 Å². The number of aliphatic carboxylic acids is 2. The number of pyridine rings is 1. The number of aromatic nitrogens is 1. The van der Waals surface area contributed by atoms with E-state index in [1.54, 1.807) is 18.7 Å². The van der Waals surface area contributed by atoms with Gasteiger partial charge < -0.3 is 24.7 Å². The lowest BCUT2D eigenvalue weighted by Crippen LogP contribution is -2.44. The molecule has 3 atom stereocenters. The van der Waals surface area contributed by atoms with Crippen molar-refractivity contribution in [2.45, 2.75) is 25.4 Å². The lowest BCUT2D eigenvalue weighted by atomic mass is 9.82. The number of nitrogens with one attached hydrogen (secondary N) is 1. The van der Waals surface area contributed by atoms with E-state index in [0.29, 0.717) is 25.0 Å². The van der Waals surface area contributed by atoms with E-state index in [4.69, 9.17) is 29.0 Å². The van der Waals surface area contributed by atoms with E-state index in [-0.39, 0.29) is 11.8 Å². The molecule has 2 fully saturated rings. The number of hydrogen-bond donors (Lipinski definition) is 3. The fraction of sp³-hybridized carbons (Fsp3) is 0.478. The van der Waals surface area contributed by atoms with Gasteiger partial charge in [0.25, 0.3) is 0 Å². The third-order valence-electron chi connectivity index (χ3n) is 5.69. The van der Waals surface area contributed by atoms with Gasteiger partial charge in [-0.1, -0.05) is 6.07 Å². The van der Waals surface area contributed by atoms with Gasteiger partial charge in [0.15, 0.2) is 0 Å². The van der Waals surface area contributed by atoms with Crippen molar-refractivity contribution in [1.29, 1.82) is 0 Å². The van der Waals surface area contributed by atoms with Crippen LogP contribution in [0.2, 0.25) is 0 Å². The number of carbonyl (C=O) groups is 3. The molecule has 10 nitrogen and oxygen atoms in total. The van der Waals surface area contributed by atoms with Gasteiger partial charge >= 0.3 is 24.3 Å². The molecule has 4 heterocycles. The van der Waals surface area contributed by atoms with Crippen LogP contribution < -0.4 is 5.32 Å². The molecule has 0 aliphatic carbocycles. The van der Waals surface area contributed by atoms with Gasteiger partial charge in [-0.25, -0.2) is 9.59 Å². The van der Waals surface area contributed by atoms with Gasteiger partial charge in [0.1, 0.15) is 0 Å². The second-order valence-electron chi connectivity index (χ2n) is 8.54. The number of halogens is 6. The van der Waals surface area contributed by atoms with Gasteiger partial charge in [-0.2, -0.15) is 26.3 Å². The molecule has 0 unspecified atom stereocenters. The molecule has 0 saturated carbocycles. The van der Waals surface area contributed by atoms with Crippen LogP contribution in [-0.4, -0.2) is 76.6 Å². The third-order valence-corrected chi connectivity index (χ3v) is 5.69. The van der Waals surface area contributed by atoms with Crippen molar-refractivity contribution in [3.05, 3.63) is 54.2 Å². The number of fused-ring (bicyclic) bond motifs is 1. The summed E-state index contributed by atoms with van der Waals surface area (Å²) in [4.78, 5) is 37.1. The molecule has 2 aliphatic heterocycles. The van der Waals surface area contributed by atoms with Crippen LogP contribution in [0.5, 0.6) is 0 Å². The molecule has 0 bridgehead atoms. The highest BCUT2D eigenvalue weighted by Gasteiger charge is 2.44. The van der Waals surface area contributed by atoms with Crippen molar-refractivity contribution >= 4 is 17.8 Å². The Kier molecular flexibility index (Phi) is 11.3. The Morgan fingerprint density at radius 3 is 2.15 bits per heavy atom. The summed E-state index contributed by atoms with van der Waals surface area (Å²) in [6, 6.07) is 7.72. The summed E-state index contributed by atoms with van der Waals surface area (Å²) in [5.74, 6) is -4.75. The highest BCUT2D eigenvalue weighted by Crippen LogP contribution is 2.35. The quantitative estimate of drug-likeness (QED) is 0.464. The average molecular weight is 569 g/mol.